The van der Waals surface area contributed by atoms with Crippen LogP contribution in [0, 0.1) is 0 Å². The smallest absolute Gasteiger partial charge is 0.406 e. The third kappa shape index (κ3) is 4.98. The molecule has 1 aromatic carbocycles. The van der Waals surface area contributed by atoms with Gasteiger partial charge in [-0.15, -0.1) is 18.3 Å². The number of carbonyl (C=O) groups excluding carboxylic acids is 1. The zero-order chi connectivity index (χ0) is 25.3. The number of fused-ring (bicyclic) bond motifs is 1. The summed E-state index contributed by atoms with van der Waals surface area (Å²) in [6.45, 7) is 0.315. The van der Waals surface area contributed by atoms with Gasteiger partial charge in [-0.25, -0.2) is 4.79 Å². The summed E-state index contributed by atoms with van der Waals surface area (Å²) in [6.07, 6.45) is -2.96. The van der Waals surface area contributed by atoms with Gasteiger partial charge in [-0.05, 0) is 42.8 Å². The van der Waals surface area contributed by atoms with E-state index in [2.05, 4.69) is 20.5 Å². The molecule has 0 saturated heterocycles. The lowest BCUT2D eigenvalue weighted by atomic mass is 10.0. The number of ether oxygens (including phenoxy) is 1. The second kappa shape index (κ2) is 9.16. The minimum Gasteiger partial charge on any atom is -0.406 e. The van der Waals surface area contributed by atoms with Crippen LogP contribution in [0.25, 0.3) is 5.69 Å². The third-order valence-electron chi connectivity index (χ3n) is 5.47. The maximum atomic E-state index is 13.3. The van der Waals surface area contributed by atoms with Crippen molar-refractivity contribution >= 4 is 17.5 Å². The lowest BCUT2D eigenvalue weighted by molar-refractivity contribution is -0.274. The van der Waals surface area contributed by atoms with Crippen LogP contribution in [0.1, 0.15) is 11.1 Å². The average molecular weight is 490 g/mol. The van der Waals surface area contributed by atoms with Crippen LogP contribution in [0.3, 0.4) is 0 Å². The van der Waals surface area contributed by atoms with E-state index in [9.17, 15) is 27.6 Å². The van der Waals surface area contributed by atoms with E-state index in [-0.39, 0.29) is 40.9 Å². The molecule has 3 heterocycles. The van der Waals surface area contributed by atoms with Gasteiger partial charge in [0, 0.05) is 38.0 Å². The van der Waals surface area contributed by atoms with E-state index in [1.54, 1.807) is 25.4 Å². The first kappa shape index (κ1) is 23.9. The first-order valence-corrected chi connectivity index (χ1v) is 10.5. The summed E-state index contributed by atoms with van der Waals surface area (Å²) in [7, 11) is 3.06. The highest BCUT2D eigenvalue weighted by Crippen LogP contribution is 2.26. The molecule has 2 amide bonds. The Bertz CT molecular complexity index is 1380. The average Bonchev–Trinajstić information content (AvgIpc) is 2.82. The van der Waals surface area contributed by atoms with E-state index in [4.69, 9.17) is 0 Å². The first-order valence-electron chi connectivity index (χ1n) is 10.5. The molecule has 2 N–H and O–H groups in total. The van der Waals surface area contributed by atoms with Crippen molar-refractivity contribution in [1.82, 2.24) is 24.6 Å². The number of carbonyl (C=O) groups is 1. The molecule has 10 nitrogen and oxygen atoms in total. The number of hydrogen-bond acceptors (Lipinski definition) is 6. The number of halogens is 3. The number of anilines is 2. The summed E-state index contributed by atoms with van der Waals surface area (Å²) in [6, 6.07) is 7.51. The fourth-order valence-corrected chi connectivity index (χ4v) is 3.77. The normalized spacial score (nSPS) is 13.2. The number of alkyl halides is 3. The van der Waals surface area contributed by atoms with Gasteiger partial charge >= 0.3 is 12.4 Å². The van der Waals surface area contributed by atoms with Gasteiger partial charge in [0.2, 0.25) is 0 Å². The zero-order valence-corrected chi connectivity index (χ0v) is 18.7. The third-order valence-corrected chi connectivity index (χ3v) is 5.47. The van der Waals surface area contributed by atoms with E-state index in [1.807, 2.05) is 0 Å². The molecule has 0 aliphatic carbocycles. The molecule has 0 fully saturated rings. The van der Waals surface area contributed by atoms with E-state index >= 15 is 0 Å². The molecule has 4 rings (SSSR count). The largest absolute Gasteiger partial charge is 0.573 e. The molecule has 0 atom stereocenters. The Morgan fingerprint density at radius 2 is 1.80 bits per heavy atom. The summed E-state index contributed by atoms with van der Waals surface area (Å²) in [4.78, 5) is 39.5. The monoisotopic (exact) mass is 490 g/mol. The number of nitrogens with zero attached hydrogens (tertiary/aromatic N) is 4. The molecule has 0 spiro atoms. The molecule has 0 radical (unpaired) electrons. The summed E-state index contributed by atoms with van der Waals surface area (Å²) in [5, 5.41) is 9.88. The van der Waals surface area contributed by atoms with E-state index in [1.165, 1.54) is 28.6 Å². The Balaban J connectivity index is 1.82. The van der Waals surface area contributed by atoms with Crippen molar-refractivity contribution in [3.63, 3.8) is 0 Å². The number of urea groups is 1. The van der Waals surface area contributed by atoms with Crippen LogP contribution in [0.5, 0.6) is 5.75 Å². The van der Waals surface area contributed by atoms with Gasteiger partial charge < -0.3 is 24.8 Å². The van der Waals surface area contributed by atoms with Crippen molar-refractivity contribution in [3.05, 3.63) is 74.4 Å². The Morgan fingerprint density at radius 1 is 1.09 bits per heavy atom. The number of aryl methyl sites for hydroxylation is 1. The quantitative estimate of drug-likeness (QED) is 0.581. The number of hydrogen-bond donors (Lipinski definition) is 2. The first-order chi connectivity index (χ1) is 16.6. The summed E-state index contributed by atoms with van der Waals surface area (Å²) in [5.41, 5.74) is 0.364. The topological polar surface area (TPSA) is 110 Å². The highest BCUT2D eigenvalue weighted by molar-refractivity contribution is 5.74. The molecule has 0 unspecified atom stereocenters. The lowest BCUT2D eigenvalue weighted by Crippen LogP contribution is -2.44. The fraction of sp³-hybridized carbons (Fsp3) is 0.273. The minimum atomic E-state index is -4.86. The van der Waals surface area contributed by atoms with Crippen LogP contribution in [0.2, 0.25) is 0 Å². The Morgan fingerprint density at radius 3 is 2.46 bits per heavy atom. The number of benzene rings is 1. The standard InChI is InChI=1S/C22H21F3N6O4/c1-26-21(34)30-11-9-15-16(12-30)19(32)31(13-5-7-14(8-6-13)35-22(23,24)25)28-18(15)27-17-4-3-10-29(2)20(17)33/h3-8,10H,9,11-12H2,1-2H3,(H,26,34)(H,27,28). The highest BCUT2D eigenvalue weighted by Gasteiger charge is 2.31. The van der Waals surface area contributed by atoms with E-state index < -0.39 is 17.7 Å². The molecule has 1 aliphatic rings. The van der Waals surface area contributed by atoms with Crippen molar-refractivity contribution in [1.29, 1.82) is 0 Å². The number of pyridine rings is 1. The molecule has 1 aliphatic heterocycles. The van der Waals surface area contributed by atoms with Gasteiger partial charge in [-0.3, -0.25) is 9.59 Å². The van der Waals surface area contributed by atoms with Crippen LogP contribution in [0.4, 0.5) is 29.5 Å². The van der Waals surface area contributed by atoms with Crippen LogP contribution < -0.4 is 26.5 Å². The van der Waals surface area contributed by atoms with Gasteiger partial charge in [0.05, 0.1) is 12.2 Å². The maximum Gasteiger partial charge on any atom is 0.573 e. The summed E-state index contributed by atoms with van der Waals surface area (Å²) in [5.74, 6) is -0.223. The van der Waals surface area contributed by atoms with Gasteiger partial charge in [-0.1, -0.05) is 0 Å². The molecule has 0 bridgehead atoms. The van der Waals surface area contributed by atoms with Crippen molar-refractivity contribution in [2.24, 2.45) is 7.05 Å². The van der Waals surface area contributed by atoms with Gasteiger partial charge in [0.1, 0.15) is 11.4 Å². The highest BCUT2D eigenvalue weighted by atomic mass is 19.4. The summed E-state index contributed by atoms with van der Waals surface area (Å²) < 4.78 is 43.8. The van der Waals surface area contributed by atoms with E-state index in [0.717, 1.165) is 16.8 Å². The maximum absolute atomic E-state index is 13.3. The van der Waals surface area contributed by atoms with Crippen molar-refractivity contribution in [2.75, 3.05) is 18.9 Å². The van der Waals surface area contributed by atoms with E-state index in [0.29, 0.717) is 18.5 Å². The number of nitrogens with one attached hydrogen (secondary N) is 2. The number of amides is 2. The van der Waals surface area contributed by atoms with Crippen LogP contribution in [-0.2, 0) is 20.0 Å². The second-order valence-electron chi connectivity index (χ2n) is 7.75. The number of rotatable bonds is 4. The SMILES string of the molecule is CNC(=O)N1CCc2c(Nc3cccn(C)c3=O)nn(-c3ccc(OC(F)(F)F)cc3)c(=O)c2C1. The van der Waals surface area contributed by atoms with Crippen LogP contribution in [-0.4, -0.2) is 45.2 Å². The molecule has 3 aromatic rings. The molecular weight excluding hydrogens is 469 g/mol. The van der Waals surface area contributed by atoms with Gasteiger partial charge in [0.25, 0.3) is 11.1 Å². The Labute approximate surface area is 196 Å². The van der Waals surface area contributed by atoms with Gasteiger partial charge in [-0.2, -0.15) is 4.68 Å². The minimum absolute atomic E-state index is 0.00684. The van der Waals surface area contributed by atoms with Gasteiger partial charge in [0.15, 0.2) is 5.82 Å². The predicted octanol–water partition coefficient (Wildman–Crippen LogP) is 2.27. The summed E-state index contributed by atoms with van der Waals surface area (Å²) >= 11 is 0. The molecule has 35 heavy (non-hydrogen) atoms. The molecule has 0 saturated carbocycles. The molecule has 13 heteroatoms. The Kier molecular flexibility index (Phi) is 6.24. The van der Waals surface area contributed by atoms with Crippen LogP contribution >= 0.6 is 0 Å². The van der Waals surface area contributed by atoms with Crippen molar-refractivity contribution in [3.8, 4) is 11.4 Å². The molecular formula is C22H21F3N6O4. The second-order valence-corrected chi connectivity index (χ2v) is 7.75. The van der Waals surface area contributed by atoms with Crippen molar-refractivity contribution in [2.45, 2.75) is 19.3 Å². The van der Waals surface area contributed by atoms with Crippen LogP contribution in [0.15, 0.2) is 52.2 Å². The predicted molar refractivity (Wildman–Crippen MR) is 120 cm³/mol. The Hall–Kier alpha value is -4.29. The zero-order valence-electron chi connectivity index (χ0n) is 18.7. The van der Waals surface area contributed by atoms with Crippen molar-refractivity contribution < 1.29 is 22.7 Å². The fourth-order valence-electron chi connectivity index (χ4n) is 3.77. The lowest BCUT2D eigenvalue weighted by Gasteiger charge is -2.29. The number of aromatic nitrogens is 3. The molecule has 2 aromatic heterocycles. The molecule has 184 valence electrons.